The Hall–Kier alpha value is -1.50. The molecule has 0 radical (unpaired) electrons. The fraction of sp³-hybridized carbons (Fsp3) is 0.684. The molecule has 0 amide bonds. The summed E-state index contributed by atoms with van der Waals surface area (Å²) in [5, 5.41) is 9.99. The third-order valence-electron chi connectivity index (χ3n) is 5.71. The van der Waals surface area contributed by atoms with Crippen molar-refractivity contribution < 1.29 is 14.6 Å². The number of carboxylic acid groups (broad SMARTS) is 1. The molecule has 2 saturated heterocycles. The Kier molecular flexibility index (Phi) is 5.71. The van der Waals surface area contributed by atoms with Gasteiger partial charge in [0.05, 0.1) is 17.7 Å². The Bertz CT molecular complexity index is 609. The summed E-state index contributed by atoms with van der Waals surface area (Å²) >= 11 is 0. The zero-order valence-electron chi connectivity index (χ0n) is 15.3. The van der Waals surface area contributed by atoms with Crippen LogP contribution in [0.4, 0.5) is 0 Å². The number of rotatable bonds is 6. The Morgan fingerprint density at radius 1 is 1.40 bits per heavy atom. The van der Waals surface area contributed by atoms with Crippen molar-refractivity contribution in [2.75, 3.05) is 46.4 Å². The van der Waals surface area contributed by atoms with Crippen molar-refractivity contribution in [2.45, 2.75) is 26.3 Å². The summed E-state index contributed by atoms with van der Waals surface area (Å²) in [7, 11) is 1.69. The van der Waals surface area contributed by atoms with Crippen molar-refractivity contribution in [1.82, 2.24) is 14.8 Å². The fourth-order valence-corrected chi connectivity index (χ4v) is 4.42. The molecule has 2 aliphatic heterocycles. The van der Waals surface area contributed by atoms with Gasteiger partial charge in [-0.15, -0.1) is 0 Å². The highest BCUT2D eigenvalue weighted by atomic mass is 16.5. The van der Waals surface area contributed by atoms with Crippen molar-refractivity contribution in [1.29, 1.82) is 0 Å². The van der Waals surface area contributed by atoms with Crippen molar-refractivity contribution in [3.63, 3.8) is 0 Å². The van der Waals surface area contributed by atoms with Gasteiger partial charge in [-0.3, -0.25) is 19.6 Å². The minimum Gasteiger partial charge on any atom is -0.481 e. The van der Waals surface area contributed by atoms with E-state index in [0.29, 0.717) is 13.2 Å². The predicted octanol–water partition coefficient (Wildman–Crippen LogP) is 1.64. The second-order valence-corrected chi connectivity index (χ2v) is 7.50. The summed E-state index contributed by atoms with van der Waals surface area (Å²) < 4.78 is 5.18. The number of nitrogens with zero attached hydrogens (tertiary/aromatic N) is 3. The third-order valence-corrected chi connectivity index (χ3v) is 5.71. The molecule has 6 nitrogen and oxygen atoms in total. The first-order valence-electron chi connectivity index (χ1n) is 9.13. The van der Waals surface area contributed by atoms with Gasteiger partial charge in [0, 0.05) is 51.4 Å². The molecule has 2 atom stereocenters. The van der Waals surface area contributed by atoms with Gasteiger partial charge in [-0.1, -0.05) is 6.07 Å². The van der Waals surface area contributed by atoms with Gasteiger partial charge in [0.25, 0.3) is 0 Å². The number of likely N-dealkylation sites (tertiary alicyclic amines) is 2. The maximum absolute atomic E-state index is 12.2. The Morgan fingerprint density at radius 2 is 2.20 bits per heavy atom. The molecule has 0 unspecified atom stereocenters. The summed E-state index contributed by atoms with van der Waals surface area (Å²) in [6.45, 7) is 7.52. The fourth-order valence-electron chi connectivity index (χ4n) is 4.42. The minimum absolute atomic E-state index is 0.161. The lowest BCUT2D eigenvalue weighted by molar-refractivity contribution is -0.151. The van der Waals surface area contributed by atoms with Gasteiger partial charge in [-0.05, 0) is 38.4 Å². The first-order chi connectivity index (χ1) is 12.0. The van der Waals surface area contributed by atoms with Gasteiger partial charge in [-0.2, -0.15) is 0 Å². The second-order valence-electron chi connectivity index (χ2n) is 7.50. The van der Waals surface area contributed by atoms with Gasteiger partial charge in [0.15, 0.2) is 0 Å². The maximum atomic E-state index is 12.2. The molecule has 1 aromatic heterocycles. The van der Waals surface area contributed by atoms with E-state index in [4.69, 9.17) is 4.74 Å². The molecule has 0 spiro atoms. The average Bonchev–Trinajstić information content (AvgIpc) is 2.82. The van der Waals surface area contributed by atoms with E-state index in [1.165, 1.54) is 0 Å². The molecule has 3 rings (SSSR count). The van der Waals surface area contributed by atoms with E-state index in [9.17, 15) is 9.90 Å². The number of aromatic nitrogens is 1. The molecule has 0 saturated carbocycles. The highest BCUT2D eigenvalue weighted by molar-refractivity contribution is 5.76. The summed E-state index contributed by atoms with van der Waals surface area (Å²) in [6.07, 6.45) is 1.68. The minimum atomic E-state index is -0.632. The average molecular weight is 347 g/mol. The molecule has 3 heterocycles. The number of aliphatic carboxylic acids is 1. The zero-order chi connectivity index (χ0) is 17.9. The molecule has 25 heavy (non-hydrogen) atoms. The molecule has 1 N–H and O–H groups in total. The lowest BCUT2D eigenvalue weighted by Crippen LogP contribution is -2.41. The monoisotopic (exact) mass is 347 g/mol. The van der Waals surface area contributed by atoms with Crippen LogP contribution in [0, 0.1) is 18.3 Å². The molecule has 138 valence electrons. The van der Waals surface area contributed by atoms with Crippen LogP contribution < -0.4 is 0 Å². The summed E-state index contributed by atoms with van der Waals surface area (Å²) in [4.78, 5) is 21.4. The van der Waals surface area contributed by atoms with Crippen molar-refractivity contribution in [3.8, 4) is 0 Å². The first-order valence-corrected chi connectivity index (χ1v) is 9.13. The van der Waals surface area contributed by atoms with E-state index in [1.807, 2.05) is 19.1 Å². The van der Waals surface area contributed by atoms with Crippen LogP contribution in [0.15, 0.2) is 18.2 Å². The third kappa shape index (κ3) is 4.02. The maximum Gasteiger partial charge on any atom is 0.311 e. The molecule has 2 fully saturated rings. The van der Waals surface area contributed by atoms with Crippen LogP contribution in [0.5, 0.6) is 0 Å². The summed E-state index contributed by atoms with van der Waals surface area (Å²) in [6, 6.07) is 6.10. The van der Waals surface area contributed by atoms with Gasteiger partial charge in [-0.25, -0.2) is 0 Å². The van der Waals surface area contributed by atoms with E-state index < -0.39 is 11.4 Å². The van der Waals surface area contributed by atoms with Crippen LogP contribution in [-0.2, 0) is 16.1 Å². The normalized spacial score (nSPS) is 27.8. The highest BCUT2D eigenvalue weighted by Crippen LogP contribution is 2.43. The van der Waals surface area contributed by atoms with Crippen LogP contribution in [-0.4, -0.2) is 72.3 Å². The Morgan fingerprint density at radius 3 is 2.92 bits per heavy atom. The van der Waals surface area contributed by atoms with Crippen LogP contribution in [0.25, 0.3) is 0 Å². The number of ether oxygens (including phenoxy) is 1. The molecule has 2 aliphatic rings. The molecular weight excluding hydrogens is 318 g/mol. The van der Waals surface area contributed by atoms with Gasteiger partial charge >= 0.3 is 5.97 Å². The first kappa shape index (κ1) is 18.3. The van der Waals surface area contributed by atoms with E-state index in [1.54, 1.807) is 7.11 Å². The smallest absolute Gasteiger partial charge is 0.311 e. The quantitative estimate of drug-likeness (QED) is 0.844. The number of fused-ring (bicyclic) bond motifs is 1. The number of carbonyl (C=O) groups is 1. The topological polar surface area (TPSA) is 65.9 Å². The number of methoxy groups -OCH3 is 1. The van der Waals surface area contributed by atoms with Crippen molar-refractivity contribution in [2.24, 2.45) is 11.3 Å². The molecule has 1 aromatic rings. The molecule has 6 heteroatoms. The number of carboxylic acids is 1. The van der Waals surface area contributed by atoms with E-state index in [2.05, 4.69) is 20.9 Å². The number of pyridine rings is 1. The van der Waals surface area contributed by atoms with E-state index in [-0.39, 0.29) is 5.92 Å². The van der Waals surface area contributed by atoms with E-state index in [0.717, 1.165) is 57.0 Å². The van der Waals surface area contributed by atoms with Crippen LogP contribution in [0.3, 0.4) is 0 Å². The highest BCUT2D eigenvalue weighted by Gasteiger charge is 2.53. The largest absolute Gasteiger partial charge is 0.481 e. The predicted molar refractivity (Wildman–Crippen MR) is 95.4 cm³/mol. The number of hydrogen-bond donors (Lipinski definition) is 1. The van der Waals surface area contributed by atoms with Crippen LogP contribution in [0.1, 0.15) is 24.2 Å². The lowest BCUT2D eigenvalue weighted by Gasteiger charge is -2.29. The molecule has 0 aromatic carbocycles. The molecular formula is C19H29N3O3. The van der Waals surface area contributed by atoms with Gasteiger partial charge in [0.2, 0.25) is 0 Å². The van der Waals surface area contributed by atoms with Crippen LogP contribution in [0.2, 0.25) is 0 Å². The Labute approximate surface area is 149 Å². The standard InChI is InChI=1S/C19H29N3O3/c1-15-5-3-6-17(20-15)13-21-8-4-7-19(18(23)24)14-22(9-10-25-2)12-16(19)11-21/h3,5-6,16H,4,7-14H2,1-2H3,(H,23,24)/t16-,19-/m1/s1. The molecule has 0 bridgehead atoms. The summed E-state index contributed by atoms with van der Waals surface area (Å²) in [5.41, 5.74) is 1.48. The number of aryl methyl sites for hydroxylation is 1. The molecule has 0 aliphatic carbocycles. The van der Waals surface area contributed by atoms with Gasteiger partial charge < -0.3 is 9.84 Å². The van der Waals surface area contributed by atoms with Crippen LogP contribution >= 0.6 is 0 Å². The van der Waals surface area contributed by atoms with Crippen molar-refractivity contribution in [3.05, 3.63) is 29.6 Å². The van der Waals surface area contributed by atoms with Gasteiger partial charge in [0.1, 0.15) is 0 Å². The zero-order valence-corrected chi connectivity index (χ0v) is 15.3. The number of hydrogen-bond acceptors (Lipinski definition) is 5. The summed E-state index contributed by atoms with van der Waals surface area (Å²) in [5.74, 6) is -0.470. The SMILES string of the molecule is COCCN1C[C@H]2CN(Cc3cccc(C)n3)CCC[C@@]2(C(=O)O)C1. The Balaban J connectivity index is 1.72. The second kappa shape index (κ2) is 7.81. The lowest BCUT2D eigenvalue weighted by atomic mass is 9.75. The van der Waals surface area contributed by atoms with Crippen molar-refractivity contribution >= 4 is 5.97 Å². The van der Waals surface area contributed by atoms with E-state index >= 15 is 0 Å².